The highest BCUT2D eigenvalue weighted by Crippen LogP contribution is 2.12. The van der Waals surface area contributed by atoms with E-state index in [4.69, 9.17) is 4.74 Å². The fourth-order valence-corrected chi connectivity index (χ4v) is 1.88. The number of benzene rings is 1. The molecule has 1 heterocycles. The summed E-state index contributed by atoms with van der Waals surface area (Å²) in [5.41, 5.74) is 0. The third-order valence-electron chi connectivity index (χ3n) is 3.15. The predicted molar refractivity (Wildman–Crippen MR) is 85.7 cm³/mol. The van der Waals surface area contributed by atoms with Gasteiger partial charge in [0, 0.05) is 14.1 Å². The van der Waals surface area contributed by atoms with Gasteiger partial charge in [0.1, 0.15) is 24.0 Å². The molecule has 0 aliphatic rings. The van der Waals surface area contributed by atoms with Crippen molar-refractivity contribution in [3.63, 3.8) is 0 Å². The Morgan fingerprint density at radius 3 is 2.70 bits per heavy atom. The predicted octanol–water partition coefficient (Wildman–Crippen LogP) is 1.09. The SMILES string of the molecule is CN=C(NCc1nncn1C)NCC(C)Oc1ccc(F)cc1. The van der Waals surface area contributed by atoms with Gasteiger partial charge in [0.05, 0.1) is 13.1 Å². The molecule has 0 radical (unpaired) electrons. The van der Waals surface area contributed by atoms with Crippen LogP contribution in [0.1, 0.15) is 12.7 Å². The van der Waals surface area contributed by atoms with Gasteiger partial charge >= 0.3 is 0 Å². The number of aromatic nitrogens is 3. The molecule has 7 nitrogen and oxygen atoms in total. The van der Waals surface area contributed by atoms with Crippen LogP contribution in [0, 0.1) is 5.82 Å². The molecule has 23 heavy (non-hydrogen) atoms. The Balaban J connectivity index is 1.76. The molecule has 0 fully saturated rings. The molecule has 1 aromatic heterocycles. The zero-order valence-corrected chi connectivity index (χ0v) is 13.5. The molecule has 0 spiro atoms. The molecule has 8 heteroatoms. The van der Waals surface area contributed by atoms with Gasteiger partial charge in [0.2, 0.25) is 0 Å². The Bertz CT molecular complexity index is 640. The van der Waals surface area contributed by atoms with Gasteiger partial charge < -0.3 is 19.9 Å². The lowest BCUT2D eigenvalue weighted by Crippen LogP contribution is -2.41. The Morgan fingerprint density at radius 1 is 1.35 bits per heavy atom. The van der Waals surface area contributed by atoms with Gasteiger partial charge in [0.15, 0.2) is 11.8 Å². The first-order valence-corrected chi connectivity index (χ1v) is 7.28. The van der Waals surface area contributed by atoms with E-state index < -0.39 is 0 Å². The summed E-state index contributed by atoms with van der Waals surface area (Å²) < 4.78 is 20.4. The van der Waals surface area contributed by atoms with Crippen molar-refractivity contribution in [1.82, 2.24) is 25.4 Å². The Morgan fingerprint density at radius 2 is 2.09 bits per heavy atom. The second-order valence-corrected chi connectivity index (χ2v) is 5.05. The normalized spacial score (nSPS) is 12.8. The van der Waals surface area contributed by atoms with Crippen LogP contribution in [0.4, 0.5) is 4.39 Å². The van der Waals surface area contributed by atoms with Gasteiger partial charge in [-0.15, -0.1) is 10.2 Å². The van der Waals surface area contributed by atoms with E-state index in [0.717, 1.165) is 5.82 Å². The molecule has 2 N–H and O–H groups in total. The molecule has 0 bridgehead atoms. The van der Waals surface area contributed by atoms with Crippen molar-refractivity contribution in [3.05, 3.63) is 42.2 Å². The van der Waals surface area contributed by atoms with Crippen LogP contribution in [0.3, 0.4) is 0 Å². The van der Waals surface area contributed by atoms with Gasteiger partial charge in [-0.2, -0.15) is 0 Å². The van der Waals surface area contributed by atoms with Gasteiger partial charge in [-0.05, 0) is 31.2 Å². The molecule has 0 saturated heterocycles. The number of nitrogens with zero attached hydrogens (tertiary/aromatic N) is 4. The largest absolute Gasteiger partial charge is 0.489 e. The van der Waals surface area contributed by atoms with Crippen LogP contribution < -0.4 is 15.4 Å². The number of hydrogen-bond donors (Lipinski definition) is 2. The van der Waals surface area contributed by atoms with Gasteiger partial charge in [-0.3, -0.25) is 4.99 Å². The van der Waals surface area contributed by atoms with Crippen LogP contribution in [0.25, 0.3) is 0 Å². The minimum Gasteiger partial charge on any atom is -0.489 e. The first-order chi connectivity index (χ1) is 11.1. The van der Waals surface area contributed by atoms with Crippen LogP contribution in [0.2, 0.25) is 0 Å². The number of guanidine groups is 1. The molecule has 1 unspecified atom stereocenters. The second kappa shape index (κ2) is 8.11. The van der Waals surface area contributed by atoms with Crippen molar-refractivity contribution in [3.8, 4) is 5.75 Å². The van der Waals surface area contributed by atoms with E-state index in [1.54, 1.807) is 25.5 Å². The van der Waals surface area contributed by atoms with Gasteiger partial charge in [-0.25, -0.2) is 4.39 Å². The summed E-state index contributed by atoms with van der Waals surface area (Å²) in [5.74, 6) is 1.80. The van der Waals surface area contributed by atoms with E-state index in [2.05, 4.69) is 25.8 Å². The summed E-state index contributed by atoms with van der Waals surface area (Å²) in [5, 5.41) is 14.1. The van der Waals surface area contributed by atoms with Crippen LogP contribution in [-0.2, 0) is 13.6 Å². The quantitative estimate of drug-likeness (QED) is 0.615. The van der Waals surface area contributed by atoms with Crippen molar-refractivity contribution >= 4 is 5.96 Å². The van der Waals surface area contributed by atoms with E-state index in [1.165, 1.54) is 12.1 Å². The van der Waals surface area contributed by atoms with E-state index in [0.29, 0.717) is 24.8 Å². The molecule has 0 aliphatic heterocycles. The number of hydrogen-bond acceptors (Lipinski definition) is 4. The van der Waals surface area contributed by atoms with Gasteiger partial charge in [-0.1, -0.05) is 0 Å². The summed E-state index contributed by atoms with van der Waals surface area (Å²) in [7, 11) is 3.57. The zero-order chi connectivity index (χ0) is 16.7. The Hall–Kier alpha value is -2.64. The van der Waals surface area contributed by atoms with E-state index in [-0.39, 0.29) is 11.9 Å². The zero-order valence-electron chi connectivity index (χ0n) is 13.5. The number of nitrogens with one attached hydrogen (secondary N) is 2. The number of aryl methyl sites for hydroxylation is 1. The monoisotopic (exact) mass is 320 g/mol. The average Bonchev–Trinajstić information content (AvgIpc) is 2.95. The topological polar surface area (TPSA) is 76.4 Å². The molecule has 0 aliphatic carbocycles. The molecule has 2 rings (SSSR count). The maximum absolute atomic E-state index is 12.9. The van der Waals surface area contributed by atoms with Crippen molar-refractivity contribution in [2.45, 2.75) is 19.6 Å². The molecule has 0 saturated carbocycles. The van der Waals surface area contributed by atoms with Crippen molar-refractivity contribution in [1.29, 1.82) is 0 Å². The first kappa shape index (κ1) is 16.7. The maximum Gasteiger partial charge on any atom is 0.191 e. The van der Waals surface area contributed by atoms with E-state index in [9.17, 15) is 4.39 Å². The summed E-state index contributed by atoms with van der Waals surface area (Å²) in [4.78, 5) is 4.14. The minimum absolute atomic E-state index is 0.103. The lowest BCUT2D eigenvalue weighted by molar-refractivity contribution is 0.223. The molecule has 2 aromatic rings. The highest BCUT2D eigenvalue weighted by atomic mass is 19.1. The Labute approximate surface area is 134 Å². The third-order valence-corrected chi connectivity index (χ3v) is 3.15. The van der Waals surface area contributed by atoms with Crippen LogP contribution in [-0.4, -0.2) is 40.4 Å². The smallest absolute Gasteiger partial charge is 0.191 e. The number of ether oxygens (including phenoxy) is 1. The molecular weight excluding hydrogens is 299 g/mol. The summed E-state index contributed by atoms with van der Waals surface area (Å²) >= 11 is 0. The van der Waals surface area contributed by atoms with E-state index >= 15 is 0 Å². The van der Waals surface area contributed by atoms with Crippen LogP contribution >= 0.6 is 0 Å². The minimum atomic E-state index is -0.281. The lowest BCUT2D eigenvalue weighted by Gasteiger charge is -2.17. The molecular formula is C15H21FN6O. The Kier molecular flexibility index (Phi) is 5.90. The number of aliphatic imine (C=N–C) groups is 1. The molecule has 0 amide bonds. The fourth-order valence-electron chi connectivity index (χ4n) is 1.88. The summed E-state index contributed by atoms with van der Waals surface area (Å²) in [6.45, 7) is 2.99. The van der Waals surface area contributed by atoms with Crippen LogP contribution in [0.5, 0.6) is 5.75 Å². The fraction of sp³-hybridized carbons (Fsp3) is 0.400. The molecule has 1 aromatic carbocycles. The standard InChI is InChI=1S/C15H21FN6O/c1-11(23-13-6-4-12(16)5-7-13)8-18-15(17-2)19-9-14-21-20-10-22(14)3/h4-7,10-11H,8-9H2,1-3H3,(H2,17,18,19). The second-order valence-electron chi connectivity index (χ2n) is 5.05. The van der Waals surface area contributed by atoms with Crippen molar-refractivity contribution in [2.75, 3.05) is 13.6 Å². The molecule has 1 atom stereocenters. The molecule has 124 valence electrons. The van der Waals surface area contributed by atoms with Gasteiger partial charge in [0.25, 0.3) is 0 Å². The summed E-state index contributed by atoms with van der Waals surface area (Å²) in [6.07, 6.45) is 1.54. The van der Waals surface area contributed by atoms with Crippen LogP contribution in [0.15, 0.2) is 35.6 Å². The third kappa shape index (κ3) is 5.24. The number of rotatable bonds is 6. The first-order valence-electron chi connectivity index (χ1n) is 7.28. The highest BCUT2D eigenvalue weighted by Gasteiger charge is 2.07. The summed E-state index contributed by atoms with van der Waals surface area (Å²) in [6, 6.07) is 5.95. The average molecular weight is 320 g/mol. The highest BCUT2D eigenvalue weighted by molar-refractivity contribution is 5.79. The van der Waals surface area contributed by atoms with Crippen molar-refractivity contribution in [2.24, 2.45) is 12.0 Å². The number of halogens is 1. The maximum atomic E-state index is 12.9. The van der Waals surface area contributed by atoms with Crippen molar-refractivity contribution < 1.29 is 9.13 Å². The lowest BCUT2D eigenvalue weighted by atomic mass is 10.3. The van der Waals surface area contributed by atoms with E-state index in [1.807, 2.05) is 18.5 Å².